The van der Waals surface area contributed by atoms with Gasteiger partial charge in [-0.05, 0) is 20.8 Å². The second-order valence-electron chi connectivity index (χ2n) is 2.66. The van der Waals surface area contributed by atoms with Gasteiger partial charge in [0.1, 0.15) is 6.26 Å². The molecule has 0 saturated carbocycles. The summed E-state index contributed by atoms with van der Waals surface area (Å²) < 4.78 is 13.3. The fraction of sp³-hybridized carbons (Fsp3) is 0.714. The van der Waals surface area contributed by atoms with E-state index < -0.39 is 11.4 Å². The molecule has 0 bridgehead atoms. The van der Waals surface area contributed by atoms with Crippen LogP contribution in [0.3, 0.4) is 0 Å². The molecule has 0 aliphatic carbocycles. The van der Waals surface area contributed by atoms with Gasteiger partial charge in [0.25, 0.3) is 0 Å². The lowest BCUT2D eigenvalue weighted by Gasteiger charge is -2.03. The van der Waals surface area contributed by atoms with Crippen LogP contribution in [0.25, 0.3) is 0 Å². The molecule has 1 N–H and O–H groups in total. The molecule has 1 atom stereocenters. The molecule has 0 amide bonds. The van der Waals surface area contributed by atoms with Crippen LogP contribution in [-0.2, 0) is 11.4 Å². The summed E-state index contributed by atoms with van der Waals surface area (Å²) >= 11 is -0.980. The summed E-state index contributed by atoms with van der Waals surface area (Å²) in [5.74, 6) is 0. The highest BCUT2D eigenvalue weighted by atomic mass is 32.2. The molecule has 0 radical (unpaired) electrons. The summed E-state index contributed by atoms with van der Waals surface area (Å²) in [5.41, 5.74) is 1.73. The minimum absolute atomic E-state index is 0.514. The lowest BCUT2D eigenvalue weighted by atomic mass is 10.4. The smallest absolute Gasteiger partial charge is 0.115 e. The Balaban J connectivity index is 3.79. The largest absolute Gasteiger partial charge is 0.598 e. The number of nitrogens with zero attached hydrogens (tertiary/aromatic N) is 2. The molecule has 0 aromatic rings. The van der Waals surface area contributed by atoms with Gasteiger partial charge >= 0.3 is 0 Å². The van der Waals surface area contributed by atoms with E-state index in [1.807, 2.05) is 20.8 Å². The predicted octanol–water partition coefficient (Wildman–Crippen LogP) is 0.726. The van der Waals surface area contributed by atoms with Gasteiger partial charge in [-0.25, -0.2) is 0 Å². The van der Waals surface area contributed by atoms with Crippen molar-refractivity contribution in [3.05, 3.63) is 0 Å². The van der Waals surface area contributed by atoms with Gasteiger partial charge < -0.3 is 4.55 Å². The van der Waals surface area contributed by atoms with E-state index >= 15 is 0 Å². The average Bonchev–Trinajstić information content (AvgIpc) is 1.96. The first-order chi connectivity index (χ1) is 5.52. The minimum atomic E-state index is -0.980. The SMILES string of the molecule is CC(C)=N/N=C(\C)CN[S+](C)[O-]. The monoisotopic (exact) mass is 189 g/mol. The highest BCUT2D eigenvalue weighted by Gasteiger charge is 1.96. The van der Waals surface area contributed by atoms with E-state index in [-0.39, 0.29) is 0 Å². The van der Waals surface area contributed by atoms with Crippen LogP contribution in [0.1, 0.15) is 20.8 Å². The van der Waals surface area contributed by atoms with Gasteiger partial charge in [0, 0.05) is 17.1 Å². The lowest BCUT2D eigenvalue weighted by molar-refractivity contribution is 0.591. The molecule has 0 aromatic heterocycles. The van der Waals surface area contributed by atoms with Crippen molar-refractivity contribution in [2.75, 3.05) is 12.8 Å². The Morgan fingerprint density at radius 3 is 2.33 bits per heavy atom. The Labute approximate surface area is 76.5 Å². The molecule has 4 nitrogen and oxygen atoms in total. The van der Waals surface area contributed by atoms with Crippen molar-refractivity contribution in [3.8, 4) is 0 Å². The zero-order valence-corrected chi connectivity index (χ0v) is 8.73. The number of hydrogen-bond acceptors (Lipinski definition) is 4. The first kappa shape index (κ1) is 11.6. The van der Waals surface area contributed by atoms with E-state index in [0.29, 0.717) is 6.54 Å². The summed E-state index contributed by atoms with van der Waals surface area (Å²) in [4.78, 5) is 0. The Morgan fingerprint density at radius 2 is 1.92 bits per heavy atom. The van der Waals surface area contributed by atoms with Crippen LogP contribution in [-0.4, -0.2) is 28.8 Å². The molecule has 70 valence electrons. The van der Waals surface area contributed by atoms with Gasteiger partial charge in [0.05, 0.1) is 12.3 Å². The first-order valence-electron chi connectivity index (χ1n) is 3.63. The maximum atomic E-state index is 10.6. The van der Waals surface area contributed by atoms with E-state index in [4.69, 9.17) is 0 Å². The molecule has 0 rings (SSSR count). The molecule has 0 aromatic carbocycles. The molecular weight excluding hydrogens is 174 g/mol. The Bertz CT molecular complexity index is 185. The molecule has 1 unspecified atom stereocenters. The Kier molecular flexibility index (Phi) is 5.96. The van der Waals surface area contributed by atoms with Gasteiger partial charge in [-0.1, -0.05) is 0 Å². The molecule has 0 spiro atoms. The predicted molar refractivity (Wildman–Crippen MR) is 54.0 cm³/mol. The van der Waals surface area contributed by atoms with Crippen molar-refractivity contribution in [1.82, 2.24) is 4.72 Å². The third-order valence-electron chi connectivity index (χ3n) is 0.952. The van der Waals surface area contributed by atoms with Crippen LogP contribution < -0.4 is 4.72 Å². The Morgan fingerprint density at radius 1 is 1.33 bits per heavy atom. The van der Waals surface area contributed by atoms with Gasteiger partial charge in [-0.2, -0.15) is 10.2 Å². The molecule has 0 heterocycles. The quantitative estimate of drug-likeness (QED) is 0.402. The average molecular weight is 189 g/mol. The zero-order chi connectivity index (χ0) is 9.56. The van der Waals surface area contributed by atoms with Crippen LogP contribution in [0.4, 0.5) is 0 Å². The standard InChI is InChI=1S/C7H15N3OS/c1-6(2)9-10-7(3)5-8-12(4)11/h8H,5H2,1-4H3/b10-7+. The van der Waals surface area contributed by atoms with E-state index in [9.17, 15) is 4.55 Å². The van der Waals surface area contributed by atoms with Gasteiger partial charge in [0.15, 0.2) is 0 Å². The molecule has 0 fully saturated rings. The first-order valence-corrected chi connectivity index (χ1v) is 5.19. The van der Waals surface area contributed by atoms with Crippen LogP contribution in [0, 0.1) is 0 Å². The normalized spacial score (nSPS) is 14.2. The molecule has 12 heavy (non-hydrogen) atoms. The highest BCUT2D eigenvalue weighted by molar-refractivity contribution is 7.88. The summed E-state index contributed by atoms with van der Waals surface area (Å²) in [6.07, 6.45) is 1.58. The van der Waals surface area contributed by atoms with Gasteiger partial charge in [-0.15, -0.1) is 4.72 Å². The van der Waals surface area contributed by atoms with Crippen molar-refractivity contribution in [1.29, 1.82) is 0 Å². The highest BCUT2D eigenvalue weighted by Crippen LogP contribution is 1.82. The number of rotatable bonds is 4. The summed E-state index contributed by atoms with van der Waals surface area (Å²) in [6.45, 7) is 6.11. The molecule has 0 saturated heterocycles. The van der Waals surface area contributed by atoms with Crippen LogP contribution in [0.5, 0.6) is 0 Å². The summed E-state index contributed by atoms with van der Waals surface area (Å²) in [7, 11) is 0. The second kappa shape index (κ2) is 6.16. The Hall–Kier alpha value is -0.390. The van der Waals surface area contributed by atoms with Crippen molar-refractivity contribution in [3.63, 3.8) is 0 Å². The third-order valence-corrected chi connectivity index (χ3v) is 1.50. The second-order valence-corrected chi connectivity index (χ2v) is 3.85. The minimum Gasteiger partial charge on any atom is -0.598 e. The van der Waals surface area contributed by atoms with E-state index in [1.54, 1.807) is 6.26 Å². The molecule has 5 heteroatoms. The fourth-order valence-corrected chi connectivity index (χ4v) is 0.839. The fourth-order valence-electron chi connectivity index (χ4n) is 0.427. The van der Waals surface area contributed by atoms with Crippen LogP contribution >= 0.6 is 0 Å². The molecule has 0 aliphatic heterocycles. The third kappa shape index (κ3) is 7.71. The lowest BCUT2D eigenvalue weighted by Crippen LogP contribution is -2.27. The molecular formula is C7H15N3OS. The topological polar surface area (TPSA) is 59.8 Å². The zero-order valence-electron chi connectivity index (χ0n) is 7.92. The number of nitrogens with one attached hydrogen (secondary N) is 1. The van der Waals surface area contributed by atoms with Crippen LogP contribution in [0.2, 0.25) is 0 Å². The summed E-state index contributed by atoms with van der Waals surface area (Å²) in [5, 5.41) is 7.77. The molecule has 0 aliphatic rings. The maximum absolute atomic E-state index is 10.6. The van der Waals surface area contributed by atoms with Gasteiger partial charge in [-0.3, -0.25) is 0 Å². The van der Waals surface area contributed by atoms with Crippen molar-refractivity contribution in [2.24, 2.45) is 10.2 Å². The van der Waals surface area contributed by atoms with E-state index in [0.717, 1.165) is 11.4 Å². The van der Waals surface area contributed by atoms with Crippen molar-refractivity contribution < 1.29 is 4.55 Å². The van der Waals surface area contributed by atoms with E-state index in [2.05, 4.69) is 14.9 Å². The van der Waals surface area contributed by atoms with Crippen LogP contribution in [0.15, 0.2) is 10.2 Å². The maximum Gasteiger partial charge on any atom is 0.115 e. The number of hydrogen-bond donors (Lipinski definition) is 1. The summed E-state index contributed by atoms with van der Waals surface area (Å²) in [6, 6.07) is 0. The van der Waals surface area contributed by atoms with Crippen molar-refractivity contribution in [2.45, 2.75) is 20.8 Å². The van der Waals surface area contributed by atoms with E-state index in [1.165, 1.54) is 0 Å². The van der Waals surface area contributed by atoms with Gasteiger partial charge in [0.2, 0.25) is 0 Å². The van der Waals surface area contributed by atoms with Crippen molar-refractivity contribution >= 4 is 22.8 Å².